The van der Waals surface area contributed by atoms with Crippen LogP contribution in [0.1, 0.15) is 40.7 Å². The van der Waals surface area contributed by atoms with E-state index in [4.69, 9.17) is 0 Å². The maximum absolute atomic E-state index is 12.2. The fourth-order valence-corrected chi connectivity index (χ4v) is 2.76. The molecule has 0 unspecified atom stereocenters. The number of hydrogen-bond acceptors (Lipinski definition) is 6. The Morgan fingerprint density at radius 1 is 1.41 bits per heavy atom. The van der Waals surface area contributed by atoms with Crippen molar-refractivity contribution < 1.29 is 9.72 Å². The van der Waals surface area contributed by atoms with Gasteiger partial charge in [0.25, 0.3) is 11.6 Å². The van der Waals surface area contributed by atoms with Gasteiger partial charge in [0.1, 0.15) is 10.6 Å². The van der Waals surface area contributed by atoms with Crippen molar-refractivity contribution in [3.63, 3.8) is 0 Å². The van der Waals surface area contributed by atoms with E-state index in [2.05, 4.69) is 22.4 Å². The molecule has 0 saturated heterocycles. The molecule has 0 bridgehead atoms. The van der Waals surface area contributed by atoms with E-state index in [1.165, 1.54) is 17.4 Å². The number of rotatable bonds is 6. The zero-order valence-corrected chi connectivity index (χ0v) is 13.1. The predicted octanol–water partition coefficient (Wildman–Crippen LogP) is 3.35. The normalized spacial score (nSPS) is 10.5. The molecule has 0 aliphatic carbocycles. The van der Waals surface area contributed by atoms with Crippen molar-refractivity contribution in [2.75, 3.05) is 5.32 Å². The van der Waals surface area contributed by atoms with Crippen LogP contribution < -0.4 is 5.32 Å². The van der Waals surface area contributed by atoms with Gasteiger partial charge < -0.3 is 0 Å². The van der Waals surface area contributed by atoms with Gasteiger partial charge in [0.2, 0.25) is 5.13 Å². The lowest BCUT2D eigenvalue weighted by Crippen LogP contribution is -2.14. The number of hydrogen-bond donors (Lipinski definition) is 1. The number of carbonyl (C=O) groups excluding carboxylic acids is 1. The van der Waals surface area contributed by atoms with Gasteiger partial charge in [-0.15, -0.1) is 10.2 Å². The molecular formula is C14H16N4O3S. The molecule has 116 valence electrons. The van der Waals surface area contributed by atoms with E-state index >= 15 is 0 Å². The van der Waals surface area contributed by atoms with Crippen LogP contribution in [0.3, 0.4) is 0 Å². The Balaban J connectivity index is 2.17. The molecule has 1 amide bonds. The summed E-state index contributed by atoms with van der Waals surface area (Å²) in [6, 6.07) is 4.65. The second-order valence-electron chi connectivity index (χ2n) is 4.79. The highest BCUT2D eigenvalue weighted by Gasteiger charge is 2.23. The van der Waals surface area contributed by atoms with Crippen molar-refractivity contribution in [3.05, 3.63) is 44.4 Å². The van der Waals surface area contributed by atoms with Crippen molar-refractivity contribution in [1.29, 1.82) is 0 Å². The first-order valence-corrected chi connectivity index (χ1v) is 7.72. The first-order valence-electron chi connectivity index (χ1n) is 6.90. The van der Waals surface area contributed by atoms with Crippen LogP contribution >= 0.6 is 11.3 Å². The summed E-state index contributed by atoms with van der Waals surface area (Å²) >= 11 is 1.29. The molecule has 2 aromatic rings. The molecule has 0 saturated carbocycles. The lowest BCUT2D eigenvalue weighted by atomic mass is 10.1. The number of aryl methyl sites for hydroxylation is 2. The second kappa shape index (κ2) is 7.08. The molecule has 0 aliphatic heterocycles. The molecule has 8 heteroatoms. The Hall–Kier alpha value is -2.35. The maximum atomic E-state index is 12.2. The number of amides is 1. The molecule has 0 aliphatic rings. The van der Waals surface area contributed by atoms with E-state index < -0.39 is 10.8 Å². The zero-order chi connectivity index (χ0) is 16.1. The number of nitrogens with one attached hydrogen (secondary N) is 1. The maximum Gasteiger partial charge on any atom is 0.285 e. The van der Waals surface area contributed by atoms with Crippen molar-refractivity contribution in [1.82, 2.24) is 10.2 Å². The number of nitro benzene ring substituents is 1. The molecule has 1 heterocycles. The number of carbonyl (C=O) groups is 1. The van der Waals surface area contributed by atoms with E-state index in [0.29, 0.717) is 10.7 Å². The Kier molecular flexibility index (Phi) is 5.16. The summed E-state index contributed by atoms with van der Waals surface area (Å²) in [5.74, 6) is -0.548. The molecule has 0 radical (unpaired) electrons. The van der Waals surface area contributed by atoms with Crippen LogP contribution in [-0.4, -0.2) is 21.0 Å². The van der Waals surface area contributed by atoms with Crippen LogP contribution in [0.25, 0.3) is 0 Å². The third kappa shape index (κ3) is 3.64. The molecule has 1 N–H and O–H groups in total. The van der Waals surface area contributed by atoms with E-state index in [-0.39, 0.29) is 11.3 Å². The minimum Gasteiger partial charge on any atom is -0.296 e. The minimum atomic E-state index is -0.548. The molecule has 0 spiro atoms. The first kappa shape index (κ1) is 16.0. The van der Waals surface area contributed by atoms with Crippen LogP contribution in [0.2, 0.25) is 0 Å². The highest BCUT2D eigenvalue weighted by molar-refractivity contribution is 7.15. The average Bonchev–Trinajstić information content (AvgIpc) is 2.91. The van der Waals surface area contributed by atoms with Crippen LogP contribution in [0.4, 0.5) is 10.8 Å². The molecular weight excluding hydrogens is 304 g/mol. The zero-order valence-electron chi connectivity index (χ0n) is 12.3. The first-order chi connectivity index (χ1) is 10.5. The second-order valence-corrected chi connectivity index (χ2v) is 5.85. The Bertz CT molecular complexity index is 699. The lowest BCUT2D eigenvalue weighted by Gasteiger charge is -2.04. The number of aromatic nitrogens is 2. The molecule has 7 nitrogen and oxygen atoms in total. The van der Waals surface area contributed by atoms with Crippen molar-refractivity contribution >= 4 is 28.1 Å². The predicted molar refractivity (Wildman–Crippen MR) is 84.3 cm³/mol. The quantitative estimate of drug-likeness (QED) is 0.650. The molecule has 1 aromatic carbocycles. The van der Waals surface area contributed by atoms with Gasteiger partial charge in [0.05, 0.1) is 4.92 Å². The summed E-state index contributed by atoms with van der Waals surface area (Å²) in [5, 5.41) is 22.8. The third-order valence-electron chi connectivity index (χ3n) is 3.10. The number of unbranched alkanes of at least 4 members (excludes halogenated alkanes) is 1. The number of anilines is 1. The van der Waals surface area contributed by atoms with Crippen LogP contribution in [0.15, 0.2) is 18.2 Å². The number of nitrogens with zero attached hydrogens (tertiary/aromatic N) is 3. The van der Waals surface area contributed by atoms with Gasteiger partial charge in [-0.2, -0.15) is 0 Å². The van der Waals surface area contributed by atoms with Gasteiger partial charge in [-0.05, 0) is 19.4 Å². The van der Waals surface area contributed by atoms with Crippen molar-refractivity contribution in [2.24, 2.45) is 0 Å². The van der Waals surface area contributed by atoms with Crippen molar-refractivity contribution in [2.45, 2.75) is 33.1 Å². The Morgan fingerprint density at radius 2 is 2.18 bits per heavy atom. The molecule has 0 atom stereocenters. The summed E-state index contributed by atoms with van der Waals surface area (Å²) < 4.78 is 0. The fourth-order valence-electron chi connectivity index (χ4n) is 1.98. The SMILES string of the molecule is CCCCc1nnc(NC(=O)c2cccc(C)c2[N+](=O)[O-])s1. The minimum absolute atomic E-state index is 0.0234. The highest BCUT2D eigenvalue weighted by atomic mass is 32.1. The molecule has 1 aromatic heterocycles. The Labute approximate surface area is 131 Å². The van der Waals surface area contributed by atoms with E-state index in [9.17, 15) is 14.9 Å². The standard InChI is InChI=1S/C14H16N4O3S/c1-3-4-8-11-16-17-14(22-11)15-13(19)10-7-5-6-9(2)12(10)18(20)21/h5-7H,3-4,8H2,1-2H3,(H,15,17,19). The summed E-state index contributed by atoms with van der Waals surface area (Å²) in [5.41, 5.74) is 0.282. The van der Waals surface area contributed by atoms with E-state index in [0.717, 1.165) is 24.3 Å². The van der Waals surface area contributed by atoms with Gasteiger partial charge in [-0.25, -0.2) is 0 Å². The highest BCUT2D eigenvalue weighted by Crippen LogP contribution is 2.25. The van der Waals surface area contributed by atoms with Gasteiger partial charge in [-0.1, -0.05) is 36.8 Å². The molecule has 22 heavy (non-hydrogen) atoms. The lowest BCUT2D eigenvalue weighted by molar-refractivity contribution is -0.385. The summed E-state index contributed by atoms with van der Waals surface area (Å²) in [7, 11) is 0. The van der Waals surface area contributed by atoms with Gasteiger partial charge in [-0.3, -0.25) is 20.2 Å². The summed E-state index contributed by atoms with van der Waals surface area (Å²) in [6.07, 6.45) is 2.87. The number of nitro groups is 1. The Morgan fingerprint density at radius 3 is 2.86 bits per heavy atom. The number of para-hydroxylation sites is 1. The third-order valence-corrected chi connectivity index (χ3v) is 3.99. The van der Waals surface area contributed by atoms with Crippen LogP contribution in [-0.2, 0) is 6.42 Å². The fraction of sp³-hybridized carbons (Fsp3) is 0.357. The smallest absolute Gasteiger partial charge is 0.285 e. The van der Waals surface area contributed by atoms with E-state index in [1.807, 2.05) is 0 Å². The van der Waals surface area contributed by atoms with Gasteiger partial charge >= 0.3 is 0 Å². The molecule has 2 rings (SSSR count). The van der Waals surface area contributed by atoms with E-state index in [1.54, 1.807) is 19.1 Å². The number of benzene rings is 1. The largest absolute Gasteiger partial charge is 0.296 e. The van der Waals surface area contributed by atoms with Crippen LogP contribution in [0.5, 0.6) is 0 Å². The van der Waals surface area contributed by atoms with Gasteiger partial charge in [0, 0.05) is 12.0 Å². The van der Waals surface area contributed by atoms with Crippen molar-refractivity contribution in [3.8, 4) is 0 Å². The topological polar surface area (TPSA) is 98.0 Å². The monoisotopic (exact) mass is 320 g/mol. The summed E-state index contributed by atoms with van der Waals surface area (Å²) in [6.45, 7) is 3.68. The summed E-state index contributed by atoms with van der Waals surface area (Å²) in [4.78, 5) is 22.8. The van der Waals surface area contributed by atoms with Gasteiger partial charge in [0.15, 0.2) is 0 Å². The van der Waals surface area contributed by atoms with Crippen LogP contribution in [0, 0.1) is 17.0 Å². The average molecular weight is 320 g/mol. The molecule has 0 fully saturated rings.